The second kappa shape index (κ2) is 7.52. The average molecular weight is 409 g/mol. The van der Waals surface area contributed by atoms with Crippen LogP contribution in [0, 0.1) is 0 Å². The molecule has 0 saturated carbocycles. The first-order chi connectivity index (χ1) is 12.0. The summed E-state index contributed by atoms with van der Waals surface area (Å²) in [6, 6.07) is 7.65. The summed E-state index contributed by atoms with van der Waals surface area (Å²) in [5.41, 5.74) is -1.08. The van der Waals surface area contributed by atoms with Gasteiger partial charge in [0, 0.05) is 5.69 Å². The summed E-state index contributed by atoms with van der Waals surface area (Å²) in [4.78, 5) is 10.5. The van der Waals surface area contributed by atoms with Gasteiger partial charge in [-0.1, -0.05) is 17.7 Å². The molecular weight excluding hydrogens is 397 g/mol. The van der Waals surface area contributed by atoms with Crippen molar-refractivity contribution in [2.75, 3.05) is 16.6 Å². The van der Waals surface area contributed by atoms with Crippen molar-refractivity contribution in [3.05, 3.63) is 53.1 Å². The van der Waals surface area contributed by atoms with Gasteiger partial charge < -0.3 is 10.4 Å². The van der Waals surface area contributed by atoms with Crippen LogP contribution in [0.2, 0.25) is 5.02 Å². The lowest BCUT2D eigenvalue weighted by atomic mass is 10.2. The summed E-state index contributed by atoms with van der Waals surface area (Å²) < 4.78 is 65.5. The fourth-order valence-electron chi connectivity index (χ4n) is 1.96. The predicted octanol–water partition coefficient (Wildman–Crippen LogP) is 3.09. The molecule has 11 heteroatoms. The zero-order valence-electron chi connectivity index (χ0n) is 12.8. The third-order valence-corrected chi connectivity index (χ3v) is 4.80. The van der Waals surface area contributed by atoms with Gasteiger partial charge in [-0.15, -0.1) is 0 Å². The molecule has 2 rings (SSSR count). The molecule has 140 valence electrons. The third-order valence-electron chi connectivity index (χ3n) is 3.10. The highest BCUT2D eigenvalue weighted by Crippen LogP contribution is 2.36. The highest BCUT2D eigenvalue weighted by molar-refractivity contribution is 7.92. The Morgan fingerprint density at radius 2 is 1.77 bits per heavy atom. The number of alkyl halides is 3. The summed E-state index contributed by atoms with van der Waals surface area (Å²) in [6.07, 6.45) is -4.81. The number of amides is 1. The van der Waals surface area contributed by atoms with Crippen LogP contribution in [0.5, 0.6) is 0 Å². The van der Waals surface area contributed by atoms with Crippen LogP contribution in [0.15, 0.2) is 47.4 Å². The first-order valence-corrected chi connectivity index (χ1v) is 8.79. The Labute approximate surface area is 151 Å². The number of hydrogen-bond acceptors (Lipinski definition) is 4. The lowest BCUT2D eigenvalue weighted by Crippen LogP contribution is -2.17. The van der Waals surface area contributed by atoms with Gasteiger partial charge in [0.2, 0.25) is 5.91 Å². The molecule has 0 fully saturated rings. The lowest BCUT2D eigenvalue weighted by molar-refractivity contribution is -0.137. The molecule has 0 unspecified atom stereocenters. The average Bonchev–Trinajstić information content (AvgIpc) is 2.53. The van der Waals surface area contributed by atoms with E-state index in [1.807, 2.05) is 0 Å². The van der Waals surface area contributed by atoms with Crippen molar-refractivity contribution in [1.29, 1.82) is 0 Å². The van der Waals surface area contributed by atoms with Crippen molar-refractivity contribution in [3.63, 3.8) is 0 Å². The second-order valence-electron chi connectivity index (χ2n) is 5.03. The van der Waals surface area contributed by atoms with Gasteiger partial charge >= 0.3 is 6.18 Å². The van der Waals surface area contributed by atoms with Crippen LogP contribution in [0.3, 0.4) is 0 Å². The highest BCUT2D eigenvalue weighted by Gasteiger charge is 2.34. The maximum absolute atomic E-state index is 12.9. The molecule has 0 bridgehead atoms. The van der Waals surface area contributed by atoms with E-state index in [0.29, 0.717) is 6.07 Å². The number of nitrogens with one attached hydrogen (secondary N) is 2. The van der Waals surface area contributed by atoms with Gasteiger partial charge in [0.15, 0.2) is 0 Å². The van der Waals surface area contributed by atoms with Crippen molar-refractivity contribution in [2.45, 2.75) is 11.1 Å². The minimum absolute atomic E-state index is 0.00393. The van der Waals surface area contributed by atoms with Crippen LogP contribution in [-0.2, 0) is 21.0 Å². The van der Waals surface area contributed by atoms with Crippen molar-refractivity contribution in [1.82, 2.24) is 0 Å². The first kappa shape index (κ1) is 20.0. The van der Waals surface area contributed by atoms with E-state index in [1.165, 1.54) is 24.3 Å². The van der Waals surface area contributed by atoms with Crippen LogP contribution in [-0.4, -0.2) is 26.0 Å². The van der Waals surface area contributed by atoms with E-state index in [0.717, 1.165) is 12.1 Å². The standard InChI is InChI=1S/C15H12ClF3N2O4S/c16-13-5-4-11(7-12(13)15(17,18)19)26(24,25)21-10-3-1-2-9(6-10)20-14(23)8-22/h1-7,21-22H,8H2,(H,20,23). The number of carbonyl (C=O) groups is 1. The number of halogens is 4. The number of benzene rings is 2. The van der Waals surface area contributed by atoms with Gasteiger partial charge in [-0.25, -0.2) is 8.42 Å². The van der Waals surface area contributed by atoms with Crippen molar-refractivity contribution in [3.8, 4) is 0 Å². The highest BCUT2D eigenvalue weighted by atomic mass is 35.5. The summed E-state index contributed by atoms with van der Waals surface area (Å²) >= 11 is 5.48. The van der Waals surface area contributed by atoms with Crippen molar-refractivity contribution >= 4 is 38.9 Å². The molecule has 1 amide bonds. The molecule has 26 heavy (non-hydrogen) atoms. The monoisotopic (exact) mass is 408 g/mol. The van der Waals surface area contributed by atoms with E-state index < -0.39 is 44.2 Å². The van der Waals surface area contributed by atoms with E-state index in [9.17, 15) is 26.4 Å². The molecule has 0 spiro atoms. The van der Waals surface area contributed by atoms with Gasteiger partial charge in [0.05, 0.1) is 21.2 Å². The Balaban J connectivity index is 2.32. The van der Waals surface area contributed by atoms with Gasteiger partial charge in [-0.05, 0) is 36.4 Å². The maximum atomic E-state index is 12.9. The Bertz CT molecular complexity index is 933. The van der Waals surface area contributed by atoms with Crippen LogP contribution < -0.4 is 10.0 Å². The topological polar surface area (TPSA) is 95.5 Å². The summed E-state index contributed by atoms with van der Waals surface area (Å²) in [5.74, 6) is -0.711. The van der Waals surface area contributed by atoms with E-state index in [4.69, 9.17) is 16.7 Å². The summed E-state index contributed by atoms with van der Waals surface area (Å²) in [6.45, 7) is -0.763. The Hall–Kier alpha value is -2.30. The molecule has 0 aliphatic rings. The quantitative estimate of drug-likeness (QED) is 0.708. The molecule has 0 atom stereocenters. The van der Waals surface area contributed by atoms with Crippen molar-refractivity contribution < 1.29 is 31.5 Å². The molecule has 6 nitrogen and oxygen atoms in total. The molecule has 3 N–H and O–H groups in total. The number of sulfonamides is 1. The Morgan fingerprint density at radius 1 is 1.12 bits per heavy atom. The van der Waals surface area contributed by atoms with Crippen LogP contribution in [0.1, 0.15) is 5.56 Å². The SMILES string of the molecule is O=C(CO)Nc1cccc(NS(=O)(=O)c2ccc(Cl)c(C(F)(F)F)c2)c1. The molecule has 0 radical (unpaired) electrons. The van der Waals surface area contributed by atoms with Gasteiger partial charge in [-0.3, -0.25) is 9.52 Å². The van der Waals surface area contributed by atoms with Gasteiger partial charge in [-0.2, -0.15) is 13.2 Å². The zero-order chi connectivity index (χ0) is 19.5. The second-order valence-corrected chi connectivity index (χ2v) is 7.12. The largest absolute Gasteiger partial charge is 0.417 e. The smallest absolute Gasteiger partial charge is 0.387 e. The first-order valence-electron chi connectivity index (χ1n) is 6.93. The predicted molar refractivity (Wildman–Crippen MR) is 89.4 cm³/mol. The number of anilines is 2. The molecular formula is C15H12ClF3N2O4S. The molecule has 2 aromatic rings. The minimum Gasteiger partial charge on any atom is -0.387 e. The third kappa shape index (κ3) is 4.87. The lowest BCUT2D eigenvalue weighted by Gasteiger charge is -2.13. The molecule has 0 heterocycles. The number of carbonyl (C=O) groups excluding carboxylic acids is 1. The zero-order valence-corrected chi connectivity index (χ0v) is 14.4. The van der Waals surface area contributed by atoms with E-state index in [2.05, 4.69) is 10.0 Å². The van der Waals surface area contributed by atoms with Crippen LogP contribution in [0.25, 0.3) is 0 Å². The number of hydrogen-bond donors (Lipinski definition) is 3. The van der Waals surface area contributed by atoms with E-state index in [-0.39, 0.29) is 11.4 Å². The Kier molecular flexibility index (Phi) is 5.79. The van der Waals surface area contributed by atoms with Crippen LogP contribution >= 0.6 is 11.6 Å². The number of aliphatic hydroxyl groups is 1. The Morgan fingerprint density at radius 3 is 2.38 bits per heavy atom. The molecule has 0 saturated heterocycles. The van der Waals surface area contributed by atoms with Gasteiger partial charge in [0.25, 0.3) is 10.0 Å². The van der Waals surface area contributed by atoms with Gasteiger partial charge in [0.1, 0.15) is 6.61 Å². The normalized spacial score (nSPS) is 11.9. The maximum Gasteiger partial charge on any atom is 0.417 e. The number of aliphatic hydroxyl groups excluding tert-OH is 1. The fraction of sp³-hybridized carbons (Fsp3) is 0.133. The fourth-order valence-corrected chi connectivity index (χ4v) is 3.26. The van der Waals surface area contributed by atoms with Crippen molar-refractivity contribution in [2.24, 2.45) is 0 Å². The van der Waals surface area contributed by atoms with E-state index >= 15 is 0 Å². The number of rotatable bonds is 5. The van der Waals surface area contributed by atoms with Crippen LogP contribution in [0.4, 0.5) is 24.5 Å². The molecule has 0 aliphatic carbocycles. The summed E-state index contributed by atoms with van der Waals surface area (Å²) in [7, 11) is -4.33. The molecule has 0 aromatic heterocycles. The summed E-state index contributed by atoms with van der Waals surface area (Å²) in [5, 5.41) is 10.4. The van der Waals surface area contributed by atoms with E-state index in [1.54, 1.807) is 0 Å². The molecule has 2 aromatic carbocycles. The minimum atomic E-state index is -4.81. The molecule has 0 aliphatic heterocycles.